The molecule has 0 saturated carbocycles. The second-order valence-electron chi connectivity index (χ2n) is 10.6. The van der Waals surface area contributed by atoms with Gasteiger partial charge in [-0.2, -0.15) is 4.99 Å². The van der Waals surface area contributed by atoms with Gasteiger partial charge in [0.1, 0.15) is 11.6 Å². The largest absolute Gasteiger partial charge is 0.340 e. The number of benzene rings is 3. The minimum Gasteiger partial charge on any atom is -0.340 e. The average molecular weight is 614 g/mol. The van der Waals surface area contributed by atoms with Crippen LogP contribution in [0.15, 0.2) is 83.9 Å². The van der Waals surface area contributed by atoms with Gasteiger partial charge in [0, 0.05) is 48.8 Å². The zero-order valence-electron chi connectivity index (χ0n) is 24.7. The number of hydrogen-bond donors (Lipinski definition) is 2. The molecule has 226 valence electrons. The van der Waals surface area contributed by atoms with Crippen molar-refractivity contribution in [1.82, 2.24) is 19.8 Å². The summed E-state index contributed by atoms with van der Waals surface area (Å²) in [6, 6.07) is 21.6. The van der Waals surface area contributed by atoms with Crippen LogP contribution < -0.4 is 10.6 Å². The van der Waals surface area contributed by atoms with E-state index >= 15 is 0 Å². The van der Waals surface area contributed by atoms with Crippen LogP contribution in [0.4, 0.5) is 20.4 Å². The van der Waals surface area contributed by atoms with Crippen LogP contribution in [0.2, 0.25) is 0 Å². The minimum atomic E-state index is -0.309. The molecular weight excluding hydrogens is 580 g/mol. The van der Waals surface area contributed by atoms with Gasteiger partial charge in [0.05, 0.1) is 6.04 Å². The molecule has 1 saturated heterocycles. The molecule has 0 unspecified atom stereocenters. The van der Waals surface area contributed by atoms with E-state index in [0.29, 0.717) is 49.3 Å². The number of carbonyl (C=O) groups excluding carboxylic acids is 1. The predicted molar refractivity (Wildman–Crippen MR) is 173 cm³/mol. The van der Waals surface area contributed by atoms with E-state index in [1.165, 1.54) is 31.2 Å². The summed E-state index contributed by atoms with van der Waals surface area (Å²) in [6.07, 6.45) is 0. The van der Waals surface area contributed by atoms with Crippen LogP contribution in [0.1, 0.15) is 45.8 Å². The first-order chi connectivity index (χ1) is 21.1. The molecule has 8 nitrogen and oxygen atoms in total. The van der Waals surface area contributed by atoms with Crippen molar-refractivity contribution in [1.29, 1.82) is 0 Å². The van der Waals surface area contributed by atoms with Gasteiger partial charge in [-0.15, -0.1) is 0 Å². The van der Waals surface area contributed by atoms with Crippen LogP contribution >= 0.6 is 12.2 Å². The lowest BCUT2D eigenvalue weighted by atomic mass is 9.96. The molecular formula is C33H33F2N7OS. The fourth-order valence-corrected chi connectivity index (χ4v) is 5.40. The highest BCUT2D eigenvalue weighted by Crippen LogP contribution is 2.30. The molecule has 0 atom stereocenters. The molecule has 44 heavy (non-hydrogen) atoms. The molecule has 0 amide bonds. The van der Waals surface area contributed by atoms with Gasteiger partial charge in [-0.05, 0) is 98.7 Å². The number of piperazine rings is 1. The molecule has 0 bridgehead atoms. The molecule has 1 aromatic heterocycles. The van der Waals surface area contributed by atoms with Crippen molar-refractivity contribution in [3.8, 4) is 0 Å². The average Bonchev–Trinajstić information content (AvgIpc) is 2.99. The van der Waals surface area contributed by atoms with Gasteiger partial charge >= 0.3 is 0 Å². The molecule has 3 aromatic carbocycles. The first-order valence-electron chi connectivity index (χ1n) is 14.2. The van der Waals surface area contributed by atoms with Gasteiger partial charge in [-0.25, -0.2) is 18.7 Å². The molecule has 0 radical (unpaired) electrons. The summed E-state index contributed by atoms with van der Waals surface area (Å²) in [5.74, 6) is 0.269. The van der Waals surface area contributed by atoms with Gasteiger partial charge < -0.3 is 10.2 Å². The molecule has 0 aliphatic carbocycles. The Morgan fingerprint density at radius 3 is 1.84 bits per heavy atom. The number of rotatable bonds is 6. The third kappa shape index (κ3) is 7.86. The number of anilines is 2. The fourth-order valence-electron chi connectivity index (χ4n) is 5.19. The molecule has 11 heteroatoms. The molecule has 4 aromatic rings. The van der Waals surface area contributed by atoms with E-state index in [1.807, 2.05) is 19.9 Å². The molecule has 2 N–H and O–H groups in total. The molecule has 1 fully saturated rings. The van der Waals surface area contributed by atoms with Gasteiger partial charge in [0.2, 0.25) is 17.0 Å². The van der Waals surface area contributed by atoms with E-state index in [9.17, 15) is 13.6 Å². The third-order valence-electron chi connectivity index (χ3n) is 7.31. The molecule has 1 aliphatic rings. The Hall–Kier alpha value is -4.61. The highest BCUT2D eigenvalue weighted by atomic mass is 32.1. The number of thiocarbonyl (C=S) groups is 1. The number of hydrogen-bond acceptors (Lipinski definition) is 5. The van der Waals surface area contributed by atoms with Crippen LogP contribution in [0.5, 0.6) is 0 Å². The van der Waals surface area contributed by atoms with Crippen molar-refractivity contribution in [2.75, 3.05) is 36.8 Å². The smallest absolute Gasteiger partial charge is 0.229 e. The number of aliphatic imine (C=N–C) groups is 1. The standard InChI is InChI=1S/C33H33F2N7OS/c1-21-20-22(2)37-31(36-21)39-32(40-33(44)38-29-14-8-24(9-15-29)23(3)43)42-18-16-41(17-19-42)30(25-4-10-27(34)11-5-25)26-6-12-28(35)13-7-26/h4-15,20,30H,16-19H2,1-3H3,(H2,36,37,38,39,40,44). The maximum Gasteiger partial charge on any atom is 0.229 e. The third-order valence-corrected chi connectivity index (χ3v) is 7.50. The Morgan fingerprint density at radius 2 is 1.34 bits per heavy atom. The summed E-state index contributed by atoms with van der Waals surface area (Å²) >= 11 is 5.60. The summed E-state index contributed by atoms with van der Waals surface area (Å²) < 4.78 is 27.6. The van der Waals surface area contributed by atoms with Gasteiger partial charge in [-0.1, -0.05) is 24.3 Å². The summed E-state index contributed by atoms with van der Waals surface area (Å²) in [6.45, 7) is 7.78. The molecule has 2 heterocycles. The quantitative estimate of drug-likeness (QED) is 0.116. The Kier molecular flexibility index (Phi) is 9.66. The van der Waals surface area contributed by atoms with E-state index in [-0.39, 0.29) is 28.6 Å². The molecule has 1 aliphatic heterocycles. The zero-order chi connectivity index (χ0) is 31.2. The minimum absolute atomic E-state index is 0.0164. The van der Waals surface area contributed by atoms with Crippen molar-refractivity contribution in [2.24, 2.45) is 4.99 Å². The Balaban J connectivity index is 1.38. The normalized spacial score (nSPS) is 14.0. The Morgan fingerprint density at radius 1 is 0.818 bits per heavy atom. The van der Waals surface area contributed by atoms with Crippen LogP contribution in [0, 0.1) is 25.5 Å². The van der Waals surface area contributed by atoms with Crippen molar-refractivity contribution < 1.29 is 13.6 Å². The highest BCUT2D eigenvalue weighted by Gasteiger charge is 2.28. The van der Waals surface area contributed by atoms with Crippen LogP contribution in [0.3, 0.4) is 0 Å². The second kappa shape index (κ2) is 13.8. The highest BCUT2D eigenvalue weighted by molar-refractivity contribution is 7.80. The van der Waals surface area contributed by atoms with Gasteiger partial charge in [0.25, 0.3) is 0 Å². The zero-order valence-corrected chi connectivity index (χ0v) is 25.5. The van der Waals surface area contributed by atoms with E-state index in [4.69, 9.17) is 17.2 Å². The van der Waals surface area contributed by atoms with Gasteiger partial charge in [0.15, 0.2) is 5.78 Å². The van der Waals surface area contributed by atoms with Crippen LogP contribution in [-0.2, 0) is 0 Å². The molecule has 5 rings (SSSR count). The van der Waals surface area contributed by atoms with Crippen molar-refractivity contribution in [3.05, 3.63) is 119 Å². The SMILES string of the molecule is CC(=O)c1ccc(NC(=S)/N=C(/Nc2nc(C)cc(C)n2)N2CCN(C(c3ccc(F)cc3)c3ccc(F)cc3)CC2)cc1. The van der Waals surface area contributed by atoms with E-state index in [1.54, 1.807) is 48.5 Å². The lowest BCUT2D eigenvalue weighted by Crippen LogP contribution is -2.52. The van der Waals surface area contributed by atoms with E-state index in [0.717, 1.165) is 22.5 Å². The number of carbonyl (C=O) groups is 1. The number of ketones is 1. The van der Waals surface area contributed by atoms with Gasteiger partial charge in [-0.3, -0.25) is 15.0 Å². The first kappa shape index (κ1) is 30.8. The van der Waals surface area contributed by atoms with E-state index in [2.05, 4.69) is 30.4 Å². The summed E-state index contributed by atoms with van der Waals surface area (Å²) in [7, 11) is 0. The topological polar surface area (TPSA) is 85.7 Å². The van der Waals surface area contributed by atoms with Crippen LogP contribution in [0.25, 0.3) is 0 Å². The first-order valence-corrected chi connectivity index (χ1v) is 14.7. The monoisotopic (exact) mass is 613 g/mol. The Bertz CT molecular complexity index is 1590. The van der Waals surface area contributed by atoms with E-state index < -0.39 is 0 Å². The lowest BCUT2D eigenvalue weighted by Gasteiger charge is -2.40. The number of aromatic nitrogens is 2. The molecule has 0 spiro atoms. The maximum atomic E-state index is 13.8. The number of nitrogens with zero attached hydrogens (tertiary/aromatic N) is 5. The number of aryl methyl sites for hydroxylation is 2. The Labute approximate surface area is 260 Å². The van der Waals surface area contributed by atoms with Crippen LogP contribution in [-0.4, -0.2) is 62.8 Å². The predicted octanol–water partition coefficient (Wildman–Crippen LogP) is 6.15. The second-order valence-corrected chi connectivity index (χ2v) is 11.0. The number of guanidine groups is 1. The maximum absolute atomic E-state index is 13.8. The van der Waals surface area contributed by atoms with Crippen molar-refractivity contribution in [3.63, 3.8) is 0 Å². The van der Waals surface area contributed by atoms with Crippen molar-refractivity contribution >= 4 is 40.7 Å². The number of nitrogens with one attached hydrogen (secondary N) is 2. The van der Waals surface area contributed by atoms with Crippen molar-refractivity contribution in [2.45, 2.75) is 26.8 Å². The summed E-state index contributed by atoms with van der Waals surface area (Å²) in [5, 5.41) is 6.62. The summed E-state index contributed by atoms with van der Waals surface area (Å²) in [4.78, 5) is 29.8. The number of halogens is 2. The lowest BCUT2D eigenvalue weighted by molar-refractivity contribution is 0.101. The number of Topliss-reactive ketones (excluding diaryl/α,β-unsaturated/α-hetero) is 1. The summed E-state index contributed by atoms with van der Waals surface area (Å²) in [5.41, 5.74) is 4.79. The fraction of sp³-hybridized carbons (Fsp3) is 0.242.